The Morgan fingerprint density at radius 3 is 2.72 bits per heavy atom. The molecule has 0 spiro atoms. The summed E-state index contributed by atoms with van der Waals surface area (Å²) in [5, 5.41) is 0.587. The molecule has 29 heavy (non-hydrogen) atoms. The number of sulfonamides is 1. The van der Waals surface area contributed by atoms with E-state index in [1.54, 1.807) is 30.3 Å². The fraction of sp³-hybridized carbons (Fsp3) is 0.300. The molecule has 0 saturated heterocycles. The molecular weight excluding hydrogens is 412 g/mol. The molecule has 9 heteroatoms. The number of hydrogen-bond acceptors (Lipinski definition) is 5. The number of nitrogens with one attached hydrogen (secondary N) is 3. The third-order valence-corrected chi connectivity index (χ3v) is 6.39. The van der Waals surface area contributed by atoms with E-state index in [1.165, 1.54) is 6.07 Å². The van der Waals surface area contributed by atoms with Crippen LogP contribution < -0.4 is 15.6 Å². The highest BCUT2D eigenvalue weighted by atomic mass is 35.5. The molecule has 154 valence electrons. The third-order valence-electron chi connectivity index (χ3n) is 4.58. The Balaban J connectivity index is 1.80. The zero-order chi connectivity index (χ0) is 21.0. The van der Waals surface area contributed by atoms with Gasteiger partial charge in [0.25, 0.3) is 15.9 Å². The number of amidine groups is 1. The van der Waals surface area contributed by atoms with Gasteiger partial charge in [0.2, 0.25) is 0 Å². The molecule has 1 aliphatic heterocycles. The van der Waals surface area contributed by atoms with Gasteiger partial charge in [-0.25, -0.2) is 8.42 Å². The predicted molar refractivity (Wildman–Crippen MR) is 115 cm³/mol. The van der Waals surface area contributed by atoms with E-state index in [9.17, 15) is 13.2 Å². The molecule has 0 bridgehead atoms. The van der Waals surface area contributed by atoms with Gasteiger partial charge in [0.15, 0.2) is 0 Å². The fourth-order valence-corrected chi connectivity index (χ4v) is 4.34. The number of unbranched alkanes of at least 4 members (excludes halogenated alkanes) is 1. The van der Waals surface area contributed by atoms with Crippen molar-refractivity contribution in [2.75, 3.05) is 5.43 Å². The normalized spacial score (nSPS) is 16.7. The van der Waals surface area contributed by atoms with Crippen molar-refractivity contribution in [3.05, 3.63) is 58.6 Å². The van der Waals surface area contributed by atoms with E-state index in [1.807, 2.05) is 19.9 Å². The van der Waals surface area contributed by atoms with Gasteiger partial charge in [-0.05, 0) is 43.2 Å². The smallest absolute Gasteiger partial charge is 0.263 e. The highest BCUT2D eigenvalue weighted by molar-refractivity contribution is 7.90. The van der Waals surface area contributed by atoms with Crippen molar-refractivity contribution in [2.45, 2.75) is 44.0 Å². The van der Waals surface area contributed by atoms with E-state index in [4.69, 9.17) is 11.6 Å². The molecule has 2 aromatic carbocycles. The lowest BCUT2D eigenvalue weighted by Crippen LogP contribution is -2.38. The third kappa shape index (κ3) is 4.89. The van der Waals surface area contributed by atoms with Gasteiger partial charge in [-0.3, -0.25) is 25.4 Å². The second-order valence-electron chi connectivity index (χ2n) is 6.82. The van der Waals surface area contributed by atoms with Gasteiger partial charge in [-0.2, -0.15) is 0 Å². The van der Waals surface area contributed by atoms with Crippen LogP contribution in [0.1, 0.15) is 37.3 Å². The number of benzene rings is 2. The van der Waals surface area contributed by atoms with Crippen LogP contribution >= 0.6 is 11.6 Å². The molecule has 1 atom stereocenters. The molecule has 0 radical (unpaired) electrons. The quantitative estimate of drug-likeness (QED) is 0.581. The van der Waals surface area contributed by atoms with E-state index in [-0.39, 0.29) is 16.6 Å². The van der Waals surface area contributed by atoms with Crippen molar-refractivity contribution in [1.82, 2.24) is 10.1 Å². The van der Waals surface area contributed by atoms with Crippen LogP contribution in [0.2, 0.25) is 5.02 Å². The minimum absolute atomic E-state index is 0.167. The van der Waals surface area contributed by atoms with Crippen LogP contribution in [0.5, 0.6) is 0 Å². The molecule has 0 fully saturated rings. The number of nitrogens with zero attached hydrogens (tertiary/aromatic N) is 1. The van der Waals surface area contributed by atoms with Crippen LogP contribution in [0, 0.1) is 6.92 Å². The Kier molecular flexibility index (Phi) is 6.44. The van der Waals surface area contributed by atoms with Crippen LogP contribution in [0.15, 0.2) is 52.4 Å². The standard InChI is InChI=1S/C20H23ClN4O3S/c1-3-4-8-17(20(26)24-23-14-11-10-13(2)16(21)12-14)22-19-15-7-5-6-9-18(15)29(27,28)25-19/h5-7,9-12,17,23H,3-4,8H2,1-2H3,(H,22,25)(H,24,26)/t17-/m1/s1. The first-order valence-corrected chi connectivity index (χ1v) is 11.2. The SMILES string of the molecule is CCCC[C@@H](N=C1NS(=O)(=O)c2ccccc21)C(=O)NNc1ccc(C)c(Cl)c1. The Hall–Kier alpha value is -2.58. The van der Waals surface area contributed by atoms with E-state index in [0.29, 0.717) is 22.7 Å². The number of hydrazine groups is 1. The summed E-state index contributed by atoms with van der Waals surface area (Å²) < 4.78 is 27.0. The molecule has 1 amide bonds. The molecule has 3 N–H and O–H groups in total. The summed E-state index contributed by atoms with van der Waals surface area (Å²) in [6.45, 7) is 3.91. The second-order valence-corrected chi connectivity index (χ2v) is 8.87. The van der Waals surface area contributed by atoms with Crippen molar-refractivity contribution in [1.29, 1.82) is 0 Å². The van der Waals surface area contributed by atoms with Crippen molar-refractivity contribution >= 4 is 39.1 Å². The topological polar surface area (TPSA) is 99.7 Å². The van der Waals surface area contributed by atoms with E-state index in [0.717, 1.165) is 18.4 Å². The van der Waals surface area contributed by atoms with E-state index in [2.05, 4.69) is 20.6 Å². The number of aliphatic imine (C=N–C) groups is 1. The minimum Gasteiger partial charge on any atom is -0.299 e. The summed E-state index contributed by atoms with van der Waals surface area (Å²) >= 11 is 6.11. The Morgan fingerprint density at radius 2 is 2.00 bits per heavy atom. The van der Waals surface area contributed by atoms with E-state index < -0.39 is 16.1 Å². The average Bonchev–Trinajstić information content (AvgIpc) is 2.96. The number of aryl methyl sites for hydroxylation is 1. The lowest BCUT2D eigenvalue weighted by molar-refractivity contribution is -0.121. The lowest BCUT2D eigenvalue weighted by atomic mass is 10.1. The van der Waals surface area contributed by atoms with Crippen LogP contribution in [0.4, 0.5) is 5.69 Å². The van der Waals surface area contributed by atoms with Crippen molar-refractivity contribution in [2.24, 2.45) is 4.99 Å². The second kappa shape index (κ2) is 8.84. The highest BCUT2D eigenvalue weighted by Gasteiger charge is 2.31. The molecular formula is C20H23ClN4O3S. The Bertz CT molecular complexity index is 1050. The van der Waals surface area contributed by atoms with Gasteiger partial charge < -0.3 is 0 Å². The summed E-state index contributed by atoms with van der Waals surface area (Å²) in [7, 11) is -3.65. The number of halogens is 1. The monoisotopic (exact) mass is 434 g/mol. The summed E-state index contributed by atoms with van der Waals surface area (Å²) in [5.74, 6) is -0.165. The van der Waals surface area contributed by atoms with Crippen molar-refractivity contribution in [3.63, 3.8) is 0 Å². The zero-order valence-corrected chi connectivity index (χ0v) is 17.8. The summed E-state index contributed by atoms with van der Waals surface area (Å²) in [5.41, 5.74) is 7.53. The molecule has 0 saturated carbocycles. The number of rotatable bonds is 7. The van der Waals surface area contributed by atoms with Gasteiger partial charge in [0, 0.05) is 10.6 Å². The van der Waals surface area contributed by atoms with Crippen molar-refractivity contribution in [3.8, 4) is 0 Å². The fourth-order valence-electron chi connectivity index (χ4n) is 2.93. The minimum atomic E-state index is -3.65. The van der Waals surface area contributed by atoms with Gasteiger partial charge in [0.1, 0.15) is 11.9 Å². The van der Waals surface area contributed by atoms with Gasteiger partial charge in [-0.1, -0.05) is 49.6 Å². The van der Waals surface area contributed by atoms with Crippen LogP contribution in [-0.4, -0.2) is 26.2 Å². The van der Waals surface area contributed by atoms with Crippen LogP contribution in [-0.2, 0) is 14.8 Å². The summed E-state index contributed by atoms with van der Waals surface area (Å²) in [4.78, 5) is 17.4. The molecule has 1 aliphatic rings. The maximum atomic E-state index is 12.7. The van der Waals surface area contributed by atoms with Crippen LogP contribution in [0.25, 0.3) is 0 Å². The molecule has 1 heterocycles. The molecule has 0 unspecified atom stereocenters. The largest absolute Gasteiger partial charge is 0.299 e. The Labute approximate surface area is 175 Å². The zero-order valence-electron chi connectivity index (χ0n) is 16.2. The summed E-state index contributed by atoms with van der Waals surface area (Å²) in [6, 6.07) is 11.2. The first-order valence-electron chi connectivity index (χ1n) is 9.34. The first-order chi connectivity index (χ1) is 13.8. The molecule has 2 aromatic rings. The highest BCUT2D eigenvalue weighted by Crippen LogP contribution is 2.23. The molecule has 0 aromatic heterocycles. The maximum Gasteiger partial charge on any atom is 0.263 e. The molecule has 3 rings (SSSR count). The number of amides is 1. The van der Waals surface area contributed by atoms with Gasteiger partial charge >= 0.3 is 0 Å². The lowest BCUT2D eigenvalue weighted by Gasteiger charge is -2.15. The first kappa shape index (κ1) is 21.1. The number of carbonyl (C=O) groups excluding carboxylic acids is 1. The molecule has 0 aliphatic carbocycles. The average molecular weight is 435 g/mol. The maximum absolute atomic E-state index is 12.7. The number of hydrogen-bond donors (Lipinski definition) is 3. The van der Waals surface area contributed by atoms with E-state index >= 15 is 0 Å². The van der Waals surface area contributed by atoms with Gasteiger partial charge in [0.05, 0.1) is 10.6 Å². The predicted octanol–water partition coefficient (Wildman–Crippen LogP) is 3.39. The Morgan fingerprint density at radius 1 is 1.24 bits per heavy atom. The number of anilines is 1. The van der Waals surface area contributed by atoms with Gasteiger partial charge in [-0.15, -0.1) is 0 Å². The molecule has 7 nitrogen and oxygen atoms in total. The number of carbonyl (C=O) groups is 1. The van der Waals surface area contributed by atoms with Crippen LogP contribution in [0.3, 0.4) is 0 Å². The van der Waals surface area contributed by atoms with Crippen molar-refractivity contribution < 1.29 is 13.2 Å². The summed E-state index contributed by atoms with van der Waals surface area (Å²) in [6.07, 6.45) is 2.16. The number of fused-ring (bicyclic) bond motifs is 1.